The molecular weight excluding hydrogens is 222 g/mol. The molecule has 6 nitrogen and oxygen atoms in total. The van der Waals surface area contributed by atoms with Gasteiger partial charge in [-0.25, -0.2) is 9.78 Å². The van der Waals surface area contributed by atoms with Crippen LogP contribution in [0.3, 0.4) is 0 Å². The maximum absolute atomic E-state index is 11.3. The molecule has 1 unspecified atom stereocenters. The Balaban J connectivity index is 2.19. The van der Waals surface area contributed by atoms with Crippen LogP contribution in [0.25, 0.3) is 0 Å². The van der Waals surface area contributed by atoms with Crippen LogP contribution in [0.4, 0.5) is 5.82 Å². The highest BCUT2D eigenvalue weighted by Gasteiger charge is 2.36. The van der Waals surface area contributed by atoms with Crippen molar-refractivity contribution >= 4 is 11.8 Å². The Labute approximate surface area is 98.1 Å². The normalized spacial score (nSPS) is 16.5. The van der Waals surface area contributed by atoms with Crippen molar-refractivity contribution in [3.05, 3.63) is 22.2 Å². The molecule has 1 fully saturated rings. The van der Waals surface area contributed by atoms with E-state index < -0.39 is 12.0 Å². The molecule has 1 saturated carbocycles. The second-order valence-electron chi connectivity index (χ2n) is 4.23. The average Bonchev–Trinajstić information content (AvgIpc) is 3.08. The highest BCUT2D eigenvalue weighted by molar-refractivity contribution is 5.77. The number of hydrogen-bond donors (Lipinski definition) is 3. The van der Waals surface area contributed by atoms with Gasteiger partial charge in [0.1, 0.15) is 17.7 Å². The SMILES string of the molecule is CCc1nc(NC(C(=O)O)C2CC2)cc(=O)[nH]1. The number of hydrogen-bond acceptors (Lipinski definition) is 4. The van der Waals surface area contributed by atoms with Crippen LogP contribution in [0.2, 0.25) is 0 Å². The molecule has 6 heteroatoms. The largest absolute Gasteiger partial charge is 0.480 e. The predicted molar refractivity (Wildman–Crippen MR) is 62.0 cm³/mol. The van der Waals surface area contributed by atoms with Gasteiger partial charge in [-0.3, -0.25) is 4.79 Å². The smallest absolute Gasteiger partial charge is 0.326 e. The van der Waals surface area contributed by atoms with E-state index in [1.807, 2.05) is 6.92 Å². The summed E-state index contributed by atoms with van der Waals surface area (Å²) in [4.78, 5) is 29.1. The number of nitrogens with one attached hydrogen (secondary N) is 2. The summed E-state index contributed by atoms with van der Waals surface area (Å²) in [5.41, 5.74) is -0.265. The topological polar surface area (TPSA) is 95.1 Å². The minimum absolute atomic E-state index is 0.152. The average molecular weight is 237 g/mol. The molecule has 92 valence electrons. The summed E-state index contributed by atoms with van der Waals surface area (Å²) in [6, 6.07) is 0.645. The highest BCUT2D eigenvalue weighted by Crippen LogP contribution is 2.34. The number of aryl methyl sites for hydroxylation is 1. The standard InChI is InChI=1S/C11H15N3O3/c1-2-7-12-8(5-9(15)13-7)14-10(11(16)17)6-3-4-6/h5-6,10H,2-4H2,1H3,(H,16,17)(H2,12,13,14,15). The van der Waals surface area contributed by atoms with E-state index in [0.717, 1.165) is 12.8 Å². The third kappa shape index (κ3) is 2.83. The molecule has 0 amide bonds. The fraction of sp³-hybridized carbons (Fsp3) is 0.545. The first-order chi connectivity index (χ1) is 8.10. The summed E-state index contributed by atoms with van der Waals surface area (Å²) in [6.07, 6.45) is 2.42. The van der Waals surface area contributed by atoms with Crippen molar-refractivity contribution in [2.75, 3.05) is 5.32 Å². The van der Waals surface area contributed by atoms with Crippen molar-refractivity contribution < 1.29 is 9.90 Å². The van der Waals surface area contributed by atoms with E-state index in [2.05, 4.69) is 15.3 Å². The lowest BCUT2D eigenvalue weighted by molar-refractivity contribution is -0.138. The van der Waals surface area contributed by atoms with Gasteiger partial charge in [0, 0.05) is 12.5 Å². The molecule has 0 aliphatic heterocycles. The highest BCUT2D eigenvalue weighted by atomic mass is 16.4. The quantitative estimate of drug-likeness (QED) is 0.697. The third-order valence-corrected chi connectivity index (χ3v) is 2.79. The second kappa shape index (κ2) is 4.57. The van der Waals surface area contributed by atoms with Crippen LogP contribution in [-0.4, -0.2) is 27.1 Å². The van der Waals surface area contributed by atoms with E-state index in [1.54, 1.807) is 0 Å². The summed E-state index contributed by atoms with van der Waals surface area (Å²) in [5, 5.41) is 11.9. The first-order valence-corrected chi connectivity index (χ1v) is 5.69. The number of rotatable bonds is 5. The molecule has 0 saturated heterocycles. The molecule has 1 heterocycles. The van der Waals surface area contributed by atoms with Gasteiger partial charge in [0.2, 0.25) is 0 Å². The number of carboxylic acids is 1. The summed E-state index contributed by atoms with van der Waals surface area (Å²) in [6.45, 7) is 1.87. The first kappa shape index (κ1) is 11.6. The van der Waals surface area contributed by atoms with Crippen LogP contribution in [0.15, 0.2) is 10.9 Å². The molecule has 17 heavy (non-hydrogen) atoms. The molecule has 1 aromatic heterocycles. The Morgan fingerprint density at radius 3 is 2.94 bits per heavy atom. The van der Waals surface area contributed by atoms with Crippen molar-refractivity contribution in [2.24, 2.45) is 5.92 Å². The third-order valence-electron chi connectivity index (χ3n) is 2.79. The Bertz CT molecular complexity index is 479. The number of aromatic nitrogens is 2. The lowest BCUT2D eigenvalue weighted by atomic mass is 10.2. The summed E-state index contributed by atoms with van der Waals surface area (Å²) >= 11 is 0. The monoisotopic (exact) mass is 237 g/mol. The number of aliphatic carboxylic acids is 1. The zero-order valence-electron chi connectivity index (χ0n) is 9.56. The minimum Gasteiger partial charge on any atom is -0.480 e. The maximum Gasteiger partial charge on any atom is 0.326 e. The number of nitrogens with zero attached hydrogens (tertiary/aromatic N) is 1. The van der Waals surface area contributed by atoms with Crippen LogP contribution in [0, 0.1) is 5.92 Å². The van der Waals surface area contributed by atoms with Crippen LogP contribution >= 0.6 is 0 Å². The fourth-order valence-corrected chi connectivity index (χ4v) is 1.72. The number of carboxylic acid groups (broad SMARTS) is 1. The van der Waals surface area contributed by atoms with Crippen LogP contribution in [0.5, 0.6) is 0 Å². The maximum atomic E-state index is 11.3. The van der Waals surface area contributed by atoms with E-state index in [0.29, 0.717) is 18.1 Å². The van der Waals surface area contributed by atoms with Gasteiger partial charge in [-0.15, -0.1) is 0 Å². The molecule has 1 aliphatic carbocycles. The molecule has 2 rings (SSSR count). The van der Waals surface area contributed by atoms with E-state index >= 15 is 0 Å². The van der Waals surface area contributed by atoms with Crippen LogP contribution in [-0.2, 0) is 11.2 Å². The van der Waals surface area contributed by atoms with E-state index in [4.69, 9.17) is 5.11 Å². The van der Waals surface area contributed by atoms with Gasteiger partial charge in [0.15, 0.2) is 0 Å². The van der Waals surface area contributed by atoms with Crippen molar-refractivity contribution in [1.82, 2.24) is 9.97 Å². The molecular formula is C11H15N3O3. The van der Waals surface area contributed by atoms with Crippen LogP contribution < -0.4 is 10.9 Å². The molecule has 1 atom stereocenters. The van der Waals surface area contributed by atoms with Gasteiger partial charge in [-0.2, -0.15) is 0 Å². The Morgan fingerprint density at radius 2 is 2.41 bits per heavy atom. The summed E-state index contributed by atoms with van der Waals surface area (Å²) < 4.78 is 0. The lowest BCUT2D eigenvalue weighted by Gasteiger charge is -2.14. The van der Waals surface area contributed by atoms with Crippen molar-refractivity contribution in [3.63, 3.8) is 0 Å². The number of H-pyrrole nitrogens is 1. The van der Waals surface area contributed by atoms with Gasteiger partial charge < -0.3 is 15.4 Å². The molecule has 1 aliphatic rings. The Morgan fingerprint density at radius 1 is 1.71 bits per heavy atom. The molecule has 0 bridgehead atoms. The zero-order valence-corrected chi connectivity index (χ0v) is 9.56. The molecule has 3 N–H and O–H groups in total. The van der Waals surface area contributed by atoms with Gasteiger partial charge in [0.25, 0.3) is 5.56 Å². The fourth-order valence-electron chi connectivity index (χ4n) is 1.72. The summed E-state index contributed by atoms with van der Waals surface area (Å²) in [7, 11) is 0. The van der Waals surface area contributed by atoms with E-state index in [1.165, 1.54) is 6.07 Å². The lowest BCUT2D eigenvalue weighted by Crippen LogP contribution is -2.32. The Hall–Kier alpha value is -1.85. The molecule has 0 aromatic carbocycles. The Kier molecular flexibility index (Phi) is 3.12. The van der Waals surface area contributed by atoms with Gasteiger partial charge in [0.05, 0.1) is 0 Å². The van der Waals surface area contributed by atoms with Crippen LogP contribution in [0.1, 0.15) is 25.6 Å². The summed E-state index contributed by atoms with van der Waals surface area (Å²) in [5.74, 6) is 0.149. The minimum atomic E-state index is -0.896. The number of carbonyl (C=O) groups is 1. The van der Waals surface area contributed by atoms with E-state index in [-0.39, 0.29) is 11.5 Å². The molecule has 0 spiro atoms. The molecule has 0 radical (unpaired) electrons. The van der Waals surface area contributed by atoms with Crippen molar-refractivity contribution in [1.29, 1.82) is 0 Å². The first-order valence-electron chi connectivity index (χ1n) is 5.69. The van der Waals surface area contributed by atoms with E-state index in [9.17, 15) is 9.59 Å². The molecule has 1 aromatic rings. The zero-order chi connectivity index (χ0) is 12.4. The van der Waals surface area contributed by atoms with Gasteiger partial charge in [-0.05, 0) is 18.8 Å². The van der Waals surface area contributed by atoms with Crippen molar-refractivity contribution in [3.8, 4) is 0 Å². The second-order valence-corrected chi connectivity index (χ2v) is 4.23. The van der Waals surface area contributed by atoms with Crippen molar-refractivity contribution in [2.45, 2.75) is 32.2 Å². The predicted octanol–water partition coefficient (Wildman–Crippen LogP) is 0.607. The number of anilines is 1. The van der Waals surface area contributed by atoms with Gasteiger partial charge >= 0.3 is 5.97 Å². The van der Waals surface area contributed by atoms with Gasteiger partial charge in [-0.1, -0.05) is 6.92 Å². The number of aromatic amines is 1.